The Bertz CT molecular complexity index is 148. The smallest absolute Gasteiger partial charge is 0.159 e. The summed E-state index contributed by atoms with van der Waals surface area (Å²) in [6.07, 6.45) is 3.30. The number of ketones is 1. The van der Waals surface area contributed by atoms with E-state index in [9.17, 15) is 4.79 Å². The second kappa shape index (κ2) is 4.94. The van der Waals surface area contributed by atoms with Gasteiger partial charge in [0.1, 0.15) is 0 Å². The Balaban J connectivity index is 3.66. The molecule has 0 aliphatic heterocycles. The molecule has 2 heteroatoms. The molecule has 0 aromatic heterocycles. The van der Waals surface area contributed by atoms with Gasteiger partial charge in [-0.25, -0.2) is 0 Å². The lowest BCUT2D eigenvalue weighted by molar-refractivity contribution is -0.117. The zero-order valence-corrected chi connectivity index (χ0v) is 7.72. The monoisotopic (exact) mass is 155 g/mol. The van der Waals surface area contributed by atoms with Gasteiger partial charge in [0.25, 0.3) is 0 Å². The van der Waals surface area contributed by atoms with Crippen molar-refractivity contribution in [2.45, 2.75) is 33.7 Å². The van der Waals surface area contributed by atoms with E-state index < -0.39 is 0 Å². The van der Waals surface area contributed by atoms with Crippen LogP contribution in [0.2, 0.25) is 0 Å². The molecule has 0 spiro atoms. The van der Waals surface area contributed by atoms with Gasteiger partial charge in [0.2, 0.25) is 0 Å². The molecule has 0 unspecified atom stereocenters. The van der Waals surface area contributed by atoms with Crippen molar-refractivity contribution in [2.24, 2.45) is 5.92 Å². The summed E-state index contributed by atoms with van der Waals surface area (Å²) < 4.78 is 0. The van der Waals surface area contributed by atoms with Crippen LogP contribution in [0.5, 0.6) is 0 Å². The molecular formula is C9H17NO. The first-order valence-electron chi connectivity index (χ1n) is 4.00. The molecule has 0 rings (SSSR count). The third-order valence-electron chi connectivity index (χ3n) is 1.25. The van der Waals surface area contributed by atoms with Gasteiger partial charge in [0.15, 0.2) is 5.78 Å². The van der Waals surface area contributed by atoms with Crippen molar-refractivity contribution in [1.29, 1.82) is 0 Å². The van der Waals surface area contributed by atoms with Crippen LogP contribution in [0.1, 0.15) is 27.7 Å². The Hall–Kier alpha value is -0.790. The number of carbonyl (C=O) groups is 1. The van der Waals surface area contributed by atoms with Crippen molar-refractivity contribution >= 4 is 5.78 Å². The van der Waals surface area contributed by atoms with Crippen molar-refractivity contribution in [1.82, 2.24) is 5.32 Å². The van der Waals surface area contributed by atoms with Gasteiger partial charge >= 0.3 is 0 Å². The molecule has 0 saturated heterocycles. The standard InChI is InChI=1S/C9H17NO/c1-7(2)9(11)5-6-10-8(3)4/h5-8,10H,1-4H3/b6-5+. The van der Waals surface area contributed by atoms with E-state index in [1.165, 1.54) is 0 Å². The lowest BCUT2D eigenvalue weighted by atomic mass is 10.1. The highest BCUT2D eigenvalue weighted by molar-refractivity contribution is 5.90. The van der Waals surface area contributed by atoms with E-state index >= 15 is 0 Å². The zero-order chi connectivity index (χ0) is 8.85. The summed E-state index contributed by atoms with van der Waals surface area (Å²) in [5.41, 5.74) is 0. The van der Waals surface area contributed by atoms with Gasteiger partial charge in [-0.1, -0.05) is 13.8 Å². The fourth-order valence-electron chi connectivity index (χ4n) is 0.515. The molecule has 0 fully saturated rings. The van der Waals surface area contributed by atoms with E-state index in [0.29, 0.717) is 6.04 Å². The van der Waals surface area contributed by atoms with Crippen molar-refractivity contribution in [3.63, 3.8) is 0 Å². The SMILES string of the molecule is CC(C)N/C=C/C(=O)C(C)C. The quantitative estimate of drug-likeness (QED) is 0.626. The Morgan fingerprint density at radius 2 is 1.82 bits per heavy atom. The number of nitrogens with one attached hydrogen (secondary N) is 1. The fourth-order valence-corrected chi connectivity index (χ4v) is 0.515. The van der Waals surface area contributed by atoms with Crippen LogP contribution in [-0.2, 0) is 4.79 Å². The molecule has 2 nitrogen and oxygen atoms in total. The highest BCUT2D eigenvalue weighted by Crippen LogP contribution is 1.94. The first kappa shape index (κ1) is 10.2. The van der Waals surface area contributed by atoms with Crippen LogP contribution in [0.3, 0.4) is 0 Å². The number of hydrogen-bond acceptors (Lipinski definition) is 2. The van der Waals surface area contributed by atoms with Crippen LogP contribution in [-0.4, -0.2) is 11.8 Å². The van der Waals surface area contributed by atoms with Crippen molar-refractivity contribution in [3.8, 4) is 0 Å². The van der Waals surface area contributed by atoms with Gasteiger partial charge in [-0.3, -0.25) is 4.79 Å². The molecule has 1 N–H and O–H groups in total. The molecule has 0 amide bonds. The molecule has 0 saturated carbocycles. The van der Waals surface area contributed by atoms with Gasteiger partial charge in [-0.2, -0.15) is 0 Å². The third kappa shape index (κ3) is 5.64. The fraction of sp³-hybridized carbons (Fsp3) is 0.667. The van der Waals surface area contributed by atoms with Crippen LogP contribution in [0.4, 0.5) is 0 Å². The molecule has 0 heterocycles. The Labute approximate surface area is 68.7 Å². The summed E-state index contributed by atoms with van der Waals surface area (Å²) in [4.78, 5) is 11.0. The first-order valence-corrected chi connectivity index (χ1v) is 4.00. The highest BCUT2D eigenvalue weighted by atomic mass is 16.1. The van der Waals surface area contributed by atoms with Crippen LogP contribution in [0.15, 0.2) is 12.3 Å². The number of allylic oxidation sites excluding steroid dienone is 1. The maximum atomic E-state index is 11.0. The van der Waals surface area contributed by atoms with E-state index in [0.717, 1.165) is 0 Å². The van der Waals surface area contributed by atoms with Crippen LogP contribution in [0.25, 0.3) is 0 Å². The van der Waals surface area contributed by atoms with Gasteiger partial charge < -0.3 is 5.32 Å². The summed E-state index contributed by atoms with van der Waals surface area (Å²) in [5.74, 6) is 0.262. The second-order valence-electron chi connectivity index (χ2n) is 3.21. The summed E-state index contributed by atoms with van der Waals surface area (Å²) in [7, 11) is 0. The van der Waals surface area contributed by atoms with Crippen LogP contribution in [0, 0.1) is 5.92 Å². The largest absolute Gasteiger partial charge is 0.389 e. The molecule has 0 bridgehead atoms. The molecule has 0 aliphatic rings. The predicted molar refractivity (Wildman–Crippen MR) is 47.3 cm³/mol. The Morgan fingerprint density at radius 1 is 1.27 bits per heavy atom. The molecule has 0 aromatic carbocycles. The van der Waals surface area contributed by atoms with Crippen molar-refractivity contribution < 1.29 is 4.79 Å². The Kier molecular flexibility index (Phi) is 4.59. The normalized spacial score (nSPS) is 11.5. The number of rotatable bonds is 4. The van der Waals surface area contributed by atoms with Gasteiger partial charge in [-0.15, -0.1) is 0 Å². The summed E-state index contributed by atoms with van der Waals surface area (Å²) in [6.45, 7) is 7.85. The zero-order valence-electron chi connectivity index (χ0n) is 7.72. The average Bonchev–Trinajstić information content (AvgIpc) is 1.86. The molecule has 0 aromatic rings. The summed E-state index contributed by atoms with van der Waals surface area (Å²) in [6, 6.07) is 0.395. The summed E-state index contributed by atoms with van der Waals surface area (Å²) >= 11 is 0. The highest BCUT2D eigenvalue weighted by Gasteiger charge is 2.00. The van der Waals surface area contributed by atoms with Crippen molar-refractivity contribution in [3.05, 3.63) is 12.3 Å². The third-order valence-corrected chi connectivity index (χ3v) is 1.25. The van der Waals surface area contributed by atoms with E-state index in [-0.39, 0.29) is 11.7 Å². The van der Waals surface area contributed by atoms with E-state index in [1.807, 2.05) is 27.7 Å². The lowest BCUT2D eigenvalue weighted by Gasteiger charge is -2.02. The average molecular weight is 155 g/mol. The van der Waals surface area contributed by atoms with E-state index in [2.05, 4.69) is 5.32 Å². The van der Waals surface area contributed by atoms with Crippen LogP contribution < -0.4 is 5.32 Å². The molecule has 0 aliphatic carbocycles. The molecule has 0 atom stereocenters. The van der Waals surface area contributed by atoms with E-state index in [1.54, 1.807) is 12.3 Å². The predicted octanol–water partition coefficient (Wildman–Crippen LogP) is 1.72. The van der Waals surface area contributed by atoms with Crippen molar-refractivity contribution in [2.75, 3.05) is 0 Å². The number of hydrogen-bond donors (Lipinski definition) is 1. The minimum atomic E-state index is 0.0974. The lowest BCUT2D eigenvalue weighted by Crippen LogP contribution is -2.16. The second-order valence-corrected chi connectivity index (χ2v) is 3.21. The minimum Gasteiger partial charge on any atom is -0.389 e. The molecule has 0 radical (unpaired) electrons. The number of carbonyl (C=O) groups excluding carboxylic acids is 1. The maximum Gasteiger partial charge on any atom is 0.159 e. The first-order chi connectivity index (χ1) is 5.04. The summed E-state index contributed by atoms with van der Waals surface area (Å²) in [5, 5.41) is 3.03. The van der Waals surface area contributed by atoms with Gasteiger partial charge in [0, 0.05) is 18.2 Å². The molecule has 11 heavy (non-hydrogen) atoms. The Morgan fingerprint density at radius 3 is 2.18 bits per heavy atom. The molecular weight excluding hydrogens is 138 g/mol. The van der Waals surface area contributed by atoms with Gasteiger partial charge in [0.05, 0.1) is 0 Å². The van der Waals surface area contributed by atoms with Gasteiger partial charge in [-0.05, 0) is 19.9 Å². The minimum absolute atomic E-state index is 0.0974. The molecule has 64 valence electrons. The van der Waals surface area contributed by atoms with E-state index in [4.69, 9.17) is 0 Å². The van der Waals surface area contributed by atoms with Crippen LogP contribution >= 0.6 is 0 Å². The topological polar surface area (TPSA) is 29.1 Å². The maximum absolute atomic E-state index is 11.0.